The van der Waals surface area contributed by atoms with Crippen molar-refractivity contribution in [3.8, 4) is 11.5 Å². The lowest BCUT2D eigenvalue weighted by Gasteiger charge is -2.11. The Morgan fingerprint density at radius 3 is 2.71 bits per heavy atom. The predicted octanol–water partition coefficient (Wildman–Crippen LogP) is 5.11. The highest BCUT2D eigenvalue weighted by atomic mass is 79.9. The standard InChI is InChI=1S/C18H15BrF2N4O2S/c1-26-15-7-2-11(9-22-25-17(16(20)21)23-24-18(25)28)8-12(15)10-27-14-5-3-13(19)4-6-14/h2-9,16H,10H2,1H3,(H,24,28)/b22-9-. The van der Waals surface area contributed by atoms with Gasteiger partial charge in [0, 0.05) is 10.0 Å². The summed E-state index contributed by atoms with van der Waals surface area (Å²) in [5, 5.41) is 9.79. The molecule has 0 bridgehead atoms. The summed E-state index contributed by atoms with van der Waals surface area (Å²) in [6.07, 6.45) is -1.38. The minimum absolute atomic E-state index is 0.0149. The highest BCUT2D eigenvalue weighted by Gasteiger charge is 2.16. The fraction of sp³-hybridized carbons (Fsp3) is 0.167. The van der Waals surface area contributed by atoms with E-state index in [1.807, 2.05) is 24.3 Å². The van der Waals surface area contributed by atoms with E-state index >= 15 is 0 Å². The van der Waals surface area contributed by atoms with Crippen molar-refractivity contribution >= 4 is 34.4 Å². The van der Waals surface area contributed by atoms with Gasteiger partial charge in [0.05, 0.1) is 13.3 Å². The Balaban J connectivity index is 1.81. The number of methoxy groups -OCH3 is 1. The van der Waals surface area contributed by atoms with Crippen molar-refractivity contribution in [1.82, 2.24) is 14.9 Å². The molecule has 10 heteroatoms. The lowest BCUT2D eigenvalue weighted by molar-refractivity contribution is 0.136. The molecule has 0 aliphatic rings. The first-order valence-electron chi connectivity index (χ1n) is 8.03. The molecule has 28 heavy (non-hydrogen) atoms. The summed E-state index contributed by atoms with van der Waals surface area (Å²) in [5.74, 6) is 0.798. The topological polar surface area (TPSA) is 64.4 Å². The predicted molar refractivity (Wildman–Crippen MR) is 107 cm³/mol. The van der Waals surface area contributed by atoms with E-state index in [1.54, 1.807) is 25.3 Å². The second-order valence-corrected chi connectivity index (χ2v) is 6.86. The number of rotatable bonds is 7. The molecule has 6 nitrogen and oxygen atoms in total. The third-order valence-electron chi connectivity index (χ3n) is 3.71. The van der Waals surface area contributed by atoms with Gasteiger partial charge in [-0.2, -0.15) is 14.9 Å². The summed E-state index contributed by atoms with van der Waals surface area (Å²) in [7, 11) is 1.56. The Bertz CT molecular complexity index is 1030. The van der Waals surface area contributed by atoms with Crippen molar-refractivity contribution in [2.45, 2.75) is 13.0 Å². The van der Waals surface area contributed by atoms with Gasteiger partial charge in [-0.1, -0.05) is 15.9 Å². The van der Waals surface area contributed by atoms with Crippen molar-refractivity contribution in [2.75, 3.05) is 7.11 Å². The van der Waals surface area contributed by atoms with E-state index in [4.69, 9.17) is 21.7 Å². The molecule has 0 fully saturated rings. The van der Waals surface area contributed by atoms with Crippen molar-refractivity contribution in [3.05, 3.63) is 68.7 Å². The zero-order valence-corrected chi connectivity index (χ0v) is 17.0. The Labute approximate surface area is 172 Å². The zero-order valence-electron chi connectivity index (χ0n) is 14.6. The number of nitrogens with one attached hydrogen (secondary N) is 1. The van der Waals surface area contributed by atoms with E-state index in [-0.39, 0.29) is 11.4 Å². The van der Waals surface area contributed by atoms with Gasteiger partial charge in [0.15, 0.2) is 0 Å². The van der Waals surface area contributed by atoms with Gasteiger partial charge < -0.3 is 9.47 Å². The number of aromatic amines is 1. The van der Waals surface area contributed by atoms with Crippen molar-refractivity contribution < 1.29 is 18.3 Å². The van der Waals surface area contributed by atoms with E-state index in [0.29, 0.717) is 17.1 Å². The maximum Gasteiger partial charge on any atom is 0.299 e. The third-order valence-corrected chi connectivity index (χ3v) is 4.50. The summed E-state index contributed by atoms with van der Waals surface area (Å²) >= 11 is 8.31. The van der Waals surface area contributed by atoms with Crippen molar-refractivity contribution in [1.29, 1.82) is 0 Å². The molecule has 0 amide bonds. The number of ether oxygens (including phenoxy) is 2. The Kier molecular flexibility index (Phi) is 6.53. The molecule has 0 spiro atoms. The highest BCUT2D eigenvalue weighted by molar-refractivity contribution is 9.10. The van der Waals surface area contributed by atoms with E-state index in [1.165, 1.54) is 6.21 Å². The summed E-state index contributed by atoms with van der Waals surface area (Å²) in [6, 6.07) is 12.7. The molecule has 3 aromatic rings. The van der Waals surface area contributed by atoms with E-state index < -0.39 is 12.2 Å². The monoisotopic (exact) mass is 468 g/mol. The van der Waals surface area contributed by atoms with Gasteiger partial charge in [-0.25, -0.2) is 13.9 Å². The van der Waals surface area contributed by atoms with Crippen LogP contribution in [0.5, 0.6) is 11.5 Å². The number of hydrogen-bond acceptors (Lipinski definition) is 5. The van der Waals surface area contributed by atoms with Gasteiger partial charge in [-0.15, -0.1) is 0 Å². The van der Waals surface area contributed by atoms with E-state index in [9.17, 15) is 8.78 Å². The van der Waals surface area contributed by atoms with Crippen LogP contribution in [0.1, 0.15) is 23.4 Å². The lowest BCUT2D eigenvalue weighted by atomic mass is 10.1. The highest BCUT2D eigenvalue weighted by Crippen LogP contribution is 2.23. The Hall–Kier alpha value is -2.59. The number of benzene rings is 2. The van der Waals surface area contributed by atoms with Crippen LogP contribution in [0.25, 0.3) is 0 Å². The first kappa shape index (κ1) is 20.2. The normalized spacial score (nSPS) is 11.3. The van der Waals surface area contributed by atoms with Crippen LogP contribution >= 0.6 is 28.1 Å². The van der Waals surface area contributed by atoms with Gasteiger partial charge in [0.2, 0.25) is 10.6 Å². The van der Waals surface area contributed by atoms with E-state index in [2.05, 4.69) is 31.2 Å². The average Bonchev–Trinajstić information content (AvgIpc) is 3.06. The molecule has 1 aromatic heterocycles. The molecule has 1 heterocycles. The maximum atomic E-state index is 13.0. The van der Waals surface area contributed by atoms with Gasteiger partial charge in [-0.3, -0.25) is 0 Å². The molecule has 0 saturated heterocycles. The Morgan fingerprint density at radius 2 is 2.04 bits per heavy atom. The van der Waals surface area contributed by atoms with Crippen LogP contribution in [-0.4, -0.2) is 28.2 Å². The van der Waals surface area contributed by atoms with Gasteiger partial charge in [0.1, 0.15) is 18.1 Å². The maximum absolute atomic E-state index is 13.0. The molecule has 2 aromatic carbocycles. The lowest BCUT2D eigenvalue weighted by Crippen LogP contribution is -2.01. The average molecular weight is 469 g/mol. The quantitative estimate of drug-likeness (QED) is 0.386. The molecule has 0 saturated carbocycles. The molecule has 0 aliphatic carbocycles. The van der Waals surface area contributed by atoms with Crippen LogP contribution in [0.15, 0.2) is 52.0 Å². The molecule has 146 valence electrons. The summed E-state index contributed by atoms with van der Waals surface area (Å²) in [4.78, 5) is 0. The van der Waals surface area contributed by atoms with Gasteiger partial charge in [0.25, 0.3) is 6.43 Å². The fourth-order valence-electron chi connectivity index (χ4n) is 2.36. The fourth-order valence-corrected chi connectivity index (χ4v) is 2.82. The van der Waals surface area contributed by atoms with Gasteiger partial charge >= 0.3 is 0 Å². The van der Waals surface area contributed by atoms with Crippen LogP contribution < -0.4 is 9.47 Å². The molecular weight excluding hydrogens is 454 g/mol. The van der Waals surface area contributed by atoms with Crippen LogP contribution in [0.4, 0.5) is 8.78 Å². The molecular formula is C18H15BrF2N4O2S. The minimum Gasteiger partial charge on any atom is -0.496 e. The molecule has 0 atom stereocenters. The van der Waals surface area contributed by atoms with Crippen LogP contribution in [-0.2, 0) is 6.61 Å². The second-order valence-electron chi connectivity index (χ2n) is 5.56. The van der Waals surface area contributed by atoms with Crippen molar-refractivity contribution in [3.63, 3.8) is 0 Å². The van der Waals surface area contributed by atoms with Crippen LogP contribution in [0, 0.1) is 4.77 Å². The van der Waals surface area contributed by atoms with E-state index in [0.717, 1.165) is 14.7 Å². The first-order valence-corrected chi connectivity index (χ1v) is 9.23. The first-order chi connectivity index (χ1) is 13.5. The molecule has 3 rings (SSSR count). The molecule has 0 radical (unpaired) electrons. The summed E-state index contributed by atoms with van der Waals surface area (Å²) in [5.41, 5.74) is 1.44. The number of nitrogens with zero attached hydrogens (tertiary/aromatic N) is 3. The van der Waals surface area contributed by atoms with Crippen LogP contribution in [0.2, 0.25) is 0 Å². The molecule has 0 unspecified atom stereocenters. The van der Waals surface area contributed by atoms with Gasteiger partial charge in [-0.05, 0) is 60.2 Å². The summed E-state index contributed by atoms with van der Waals surface area (Å²) in [6.45, 7) is 0.264. The minimum atomic E-state index is -2.80. The SMILES string of the molecule is COc1ccc(/C=N\n2c(C(F)F)n[nH]c2=S)cc1COc1ccc(Br)cc1. The smallest absolute Gasteiger partial charge is 0.299 e. The Morgan fingerprint density at radius 1 is 1.29 bits per heavy atom. The second kappa shape index (κ2) is 9.07. The number of hydrogen-bond donors (Lipinski definition) is 1. The summed E-state index contributed by atoms with van der Waals surface area (Å²) < 4.78 is 38.9. The third kappa shape index (κ3) is 4.82. The number of H-pyrrole nitrogens is 1. The van der Waals surface area contributed by atoms with Crippen molar-refractivity contribution in [2.24, 2.45) is 5.10 Å². The van der Waals surface area contributed by atoms with Crippen LogP contribution in [0.3, 0.4) is 0 Å². The number of halogens is 3. The molecule has 0 aliphatic heterocycles. The zero-order chi connectivity index (χ0) is 20.1. The molecule has 1 N–H and O–H groups in total. The number of alkyl halides is 2. The largest absolute Gasteiger partial charge is 0.496 e. The number of aromatic nitrogens is 3.